The van der Waals surface area contributed by atoms with E-state index in [1.807, 2.05) is 38.1 Å². The van der Waals surface area contributed by atoms with Gasteiger partial charge in [0.1, 0.15) is 0 Å². The molecule has 0 aliphatic rings. The highest BCUT2D eigenvalue weighted by Crippen LogP contribution is 2.14. The average molecular weight is 308 g/mol. The largest absolute Gasteiger partial charge is 0.461 e. The molecule has 0 saturated carbocycles. The fraction of sp³-hybridized carbons (Fsp3) is 0.357. The van der Waals surface area contributed by atoms with E-state index in [0.717, 1.165) is 5.56 Å². The Morgan fingerprint density at radius 2 is 1.76 bits per heavy atom. The summed E-state index contributed by atoms with van der Waals surface area (Å²) in [5.74, 6) is 0.916. The Bertz CT molecular complexity index is 588. The van der Waals surface area contributed by atoms with Crippen molar-refractivity contribution < 1.29 is 4.74 Å². The first-order valence-electron chi connectivity index (χ1n) is 6.65. The molecule has 1 heterocycles. The molecule has 0 aliphatic heterocycles. The van der Waals surface area contributed by atoms with E-state index >= 15 is 0 Å². The maximum Gasteiger partial charge on any atom is 0.323 e. The van der Waals surface area contributed by atoms with E-state index in [1.54, 1.807) is 7.05 Å². The number of benzene rings is 1. The van der Waals surface area contributed by atoms with E-state index in [0.29, 0.717) is 29.5 Å². The molecule has 0 bridgehead atoms. The summed E-state index contributed by atoms with van der Waals surface area (Å²) in [6.07, 6.45) is 0.00113. The Morgan fingerprint density at radius 1 is 1.10 bits per heavy atom. The predicted octanol–water partition coefficient (Wildman–Crippen LogP) is 2.97. The van der Waals surface area contributed by atoms with Gasteiger partial charge < -0.3 is 15.4 Å². The summed E-state index contributed by atoms with van der Waals surface area (Å²) in [6.45, 7) is 4.43. The van der Waals surface area contributed by atoms with Gasteiger partial charge >= 0.3 is 6.01 Å². The molecule has 0 amide bonds. The Labute approximate surface area is 128 Å². The lowest BCUT2D eigenvalue weighted by atomic mass is 10.2. The molecule has 1 aromatic heterocycles. The molecule has 112 valence electrons. The van der Waals surface area contributed by atoms with Crippen molar-refractivity contribution in [1.82, 2.24) is 15.0 Å². The molecule has 2 N–H and O–H groups in total. The van der Waals surface area contributed by atoms with Crippen LogP contribution in [0.25, 0.3) is 0 Å². The minimum absolute atomic E-state index is 0.00113. The zero-order chi connectivity index (χ0) is 15.2. The van der Waals surface area contributed by atoms with Gasteiger partial charge in [0.2, 0.25) is 11.9 Å². The van der Waals surface area contributed by atoms with Crippen LogP contribution in [0.15, 0.2) is 24.3 Å². The molecule has 2 aromatic rings. The van der Waals surface area contributed by atoms with Crippen LogP contribution in [0, 0.1) is 0 Å². The molecule has 0 fully saturated rings. The molecule has 0 spiro atoms. The summed E-state index contributed by atoms with van der Waals surface area (Å²) < 4.78 is 5.51. The van der Waals surface area contributed by atoms with Gasteiger partial charge in [0.15, 0.2) is 0 Å². The molecule has 0 atom stereocenters. The lowest BCUT2D eigenvalue weighted by Crippen LogP contribution is -2.13. The van der Waals surface area contributed by atoms with Crippen molar-refractivity contribution in [2.45, 2.75) is 26.5 Å². The molecule has 2 rings (SSSR count). The maximum absolute atomic E-state index is 5.86. The Morgan fingerprint density at radius 3 is 2.38 bits per heavy atom. The number of rotatable bonds is 6. The molecule has 0 radical (unpaired) electrons. The summed E-state index contributed by atoms with van der Waals surface area (Å²) in [4.78, 5) is 12.6. The van der Waals surface area contributed by atoms with Gasteiger partial charge in [-0.1, -0.05) is 23.7 Å². The maximum atomic E-state index is 5.86. The van der Waals surface area contributed by atoms with Gasteiger partial charge in [-0.2, -0.15) is 15.0 Å². The SMILES string of the molecule is CNc1nc(NCc2ccc(Cl)cc2)nc(OC(C)C)n1. The highest BCUT2D eigenvalue weighted by molar-refractivity contribution is 6.30. The topological polar surface area (TPSA) is 72.0 Å². The van der Waals surface area contributed by atoms with Crippen LogP contribution >= 0.6 is 11.6 Å². The van der Waals surface area contributed by atoms with Gasteiger partial charge in [-0.15, -0.1) is 0 Å². The summed E-state index contributed by atoms with van der Waals surface area (Å²) in [5.41, 5.74) is 1.08. The highest BCUT2D eigenvalue weighted by Gasteiger charge is 2.08. The molecule has 0 unspecified atom stereocenters. The first kappa shape index (κ1) is 15.3. The van der Waals surface area contributed by atoms with Crippen LogP contribution in [0.1, 0.15) is 19.4 Å². The second-order valence-corrected chi connectivity index (χ2v) is 5.10. The zero-order valence-electron chi connectivity index (χ0n) is 12.2. The summed E-state index contributed by atoms with van der Waals surface area (Å²) in [6, 6.07) is 7.88. The van der Waals surface area contributed by atoms with Crippen LogP contribution < -0.4 is 15.4 Å². The van der Waals surface area contributed by atoms with E-state index < -0.39 is 0 Å². The van der Waals surface area contributed by atoms with Crippen LogP contribution in [0.4, 0.5) is 11.9 Å². The van der Waals surface area contributed by atoms with Gasteiger partial charge in [0.25, 0.3) is 0 Å². The first-order chi connectivity index (χ1) is 10.1. The van der Waals surface area contributed by atoms with E-state index in [2.05, 4.69) is 25.6 Å². The fourth-order valence-electron chi connectivity index (χ4n) is 1.59. The third-order valence-corrected chi connectivity index (χ3v) is 2.80. The average Bonchev–Trinajstić information content (AvgIpc) is 2.45. The van der Waals surface area contributed by atoms with E-state index in [4.69, 9.17) is 16.3 Å². The van der Waals surface area contributed by atoms with Crippen LogP contribution in [0.3, 0.4) is 0 Å². The van der Waals surface area contributed by atoms with Crippen LogP contribution in [0.2, 0.25) is 5.02 Å². The summed E-state index contributed by atoms with van der Waals surface area (Å²) >= 11 is 5.86. The Kier molecular flexibility index (Phi) is 5.16. The van der Waals surface area contributed by atoms with Crippen LogP contribution in [0.5, 0.6) is 6.01 Å². The Balaban J connectivity index is 2.09. The molecule has 21 heavy (non-hydrogen) atoms. The quantitative estimate of drug-likeness (QED) is 0.855. The smallest absolute Gasteiger partial charge is 0.323 e. The van der Waals surface area contributed by atoms with Crippen molar-refractivity contribution >= 4 is 23.5 Å². The van der Waals surface area contributed by atoms with Crippen molar-refractivity contribution in [2.75, 3.05) is 17.7 Å². The molecule has 0 saturated heterocycles. The molecular weight excluding hydrogens is 290 g/mol. The fourth-order valence-corrected chi connectivity index (χ4v) is 1.72. The Hall–Kier alpha value is -2.08. The number of aromatic nitrogens is 3. The zero-order valence-corrected chi connectivity index (χ0v) is 13.0. The molecule has 1 aromatic carbocycles. The van der Waals surface area contributed by atoms with Gasteiger partial charge in [-0.25, -0.2) is 0 Å². The summed E-state index contributed by atoms with van der Waals surface area (Å²) in [7, 11) is 1.75. The standard InChI is InChI=1S/C14H18ClN5O/c1-9(2)21-14-19-12(16-3)18-13(20-14)17-8-10-4-6-11(15)7-5-10/h4-7,9H,8H2,1-3H3,(H2,16,17,18,19,20). The van der Waals surface area contributed by atoms with Crippen molar-refractivity contribution in [3.8, 4) is 6.01 Å². The normalized spacial score (nSPS) is 10.5. The van der Waals surface area contributed by atoms with Gasteiger partial charge in [0, 0.05) is 18.6 Å². The number of nitrogens with zero attached hydrogens (tertiary/aromatic N) is 3. The molecule has 7 heteroatoms. The van der Waals surface area contributed by atoms with E-state index in [1.165, 1.54) is 0 Å². The van der Waals surface area contributed by atoms with Crippen molar-refractivity contribution in [3.63, 3.8) is 0 Å². The van der Waals surface area contributed by atoms with Gasteiger partial charge in [0.05, 0.1) is 6.10 Å². The third-order valence-electron chi connectivity index (χ3n) is 2.54. The van der Waals surface area contributed by atoms with Crippen molar-refractivity contribution in [2.24, 2.45) is 0 Å². The van der Waals surface area contributed by atoms with Crippen molar-refractivity contribution in [3.05, 3.63) is 34.9 Å². The lowest BCUT2D eigenvalue weighted by Gasteiger charge is -2.11. The monoisotopic (exact) mass is 307 g/mol. The number of nitrogens with one attached hydrogen (secondary N) is 2. The predicted molar refractivity (Wildman–Crippen MR) is 83.9 cm³/mol. The number of hydrogen-bond acceptors (Lipinski definition) is 6. The molecule has 6 nitrogen and oxygen atoms in total. The second kappa shape index (κ2) is 7.08. The van der Waals surface area contributed by atoms with Crippen molar-refractivity contribution in [1.29, 1.82) is 0 Å². The van der Waals surface area contributed by atoms with Crippen LogP contribution in [-0.4, -0.2) is 28.1 Å². The number of ether oxygens (including phenoxy) is 1. The van der Waals surface area contributed by atoms with Crippen LogP contribution in [-0.2, 0) is 6.54 Å². The molecule has 0 aliphatic carbocycles. The number of hydrogen-bond donors (Lipinski definition) is 2. The number of halogens is 1. The summed E-state index contributed by atoms with van der Waals surface area (Å²) in [5, 5.41) is 6.74. The second-order valence-electron chi connectivity index (χ2n) is 4.66. The number of anilines is 2. The lowest BCUT2D eigenvalue weighted by molar-refractivity contribution is 0.222. The third kappa shape index (κ3) is 4.75. The van der Waals surface area contributed by atoms with Gasteiger partial charge in [-0.05, 0) is 31.5 Å². The highest BCUT2D eigenvalue weighted by atomic mass is 35.5. The minimum atomic E-state index is 0.00113. The minimum Gasteiger partial charge on any atom is -0.461 e. The van der Waals surface area contributed by atoms with Gasteiger partial charge in [-0.3, -0.25) is 0 Å². The first-order valence-corrected chi connectivity index (χ1v) is 7.03. The van der Waals surface area contributed by atoms with E-state index in [9.17, 15) is 0 Å². The van der Waals surface area contributed by atoms with E-state index in [-0.39, 0.29) is 6.10 Å². The molecular formula is C14H18ClN5O.